The Labute approximate surface area is 127 Å². The van der Waals surface area contributed by atoms with Crippen LogP contribution < -0.4 is 10.1 Å². The highest BCUT2D eigenvalue weighted by molar-refractivity contribution is 5.91. The van der Waals surface area contributed by atoms with E-state index in [0.29, 0.717) is 6.04 Å². The maximum absolute atomic E-state index is 5.47. The van der Waals surface area contributed by atoms with Crippen molar-refractivity contribution in [1.29, 1.82) is 0 Å². The van der Waals surface area contributed by atoms with Gasteiger partial charge in [0.05, 0.1) is 7.11 Å². The molecule has 0 saturated heterocycles. The average Bonchev–Trinajstić information content (AvgIpc) is 3.06. The first kappa shape index (κ1) is 14.4. The normalized spacial score (nSPS) is 17.2. The Bertz CT molecular complexity index is 602. The molecule has 0 aromatic heterocycles. The van der Waals surface area contributed by atoms with Gasteiger partial charge in [0, 0.05) is 18.0 Å². The van der Waals surface area contributed by atoms with Crippen LogP contribution in [0, 0.1) is 5.92 Å². The van der Waals surface area contributed by atoms with Crippen molar-refractivity contribution in [3.63, 3.8) is 0 Å². The average molecular weight is 283 g/mol. The molecular formula is C19H25NO. The van der Waals surface area contributed by atoms with Crippen LogP contribution in [0.4, 0.5) is 0 Å². The Morgan fingerprint density at radius 2 is 1.81 bits per heavy atom. The lowest BCUT2D eigenvalue weighted by molar-refractivity contribution is 0.381. The summed E-state index contributed by atoms with van der Waals surface area (Å²) in [5.74, 6) is 1.81. The standard InChI is InChI=1S/C19H25NO/c1-14(15-7-3-4-8-15)20-13-16-11-12-19(21-2)18-10-6-5-9-17(16)18/h5-6,9-12,14-15,20H,3-4,7-8,13H2,1-2H3. The lowest BCUT2D eigenvalue weighted by atomic mass is 9.98. The first-order valence-corrected chi connectivity index (χ1v) is 8.07. The van der Waals surface area contributed by atoms with Crippen molar-refractivity contribution in [3.05, 3.63) is 42.0 Å². The van der Waals surface area contributed by atoms with Crippen LogP contribution >= 0.6 is 0 Å². The van der Waals surface area contributed by atoms with Crippen LogP contribution in [0.3, 0.4) is 0 Å². The molecular weight excluding hydrogens is 258 g/mol. The van der Waals surface area contributed by atoms with Crippen LogP contribution in [0.2, 0.25) is 0 Å². The van der Waals surface area contributed by atoms with Gasteiger partial charge in [-0.1, -0.05) is 43.2 Å². The summed E-state index contributed by atoms with van der Waals surface area (Å²) < 4.78 is 5.47. The highest BCUT2D eigenvalue weighted by Crippen LogP contribution is 2.30. The molecule has 21 heavy (non-hydrogen) atoms. The molecule has 1 atom stereocenters. The molecule has 0 aliphatic heterocycles. The van der Waals surface area contributed by atoms with E-state index in [2.05, 4.69) is 48.6 Å². The van der Waals surface area contributed by atoms with E-state index in [1.807, 2.05) is 0 Å². The summed E-state index contributed by atoms with van der Waals surface area (Å²) in [6.45, 7) is 3.27. The Balaban J connectivity index is 1.77. The summed E-state index contributed by atoms with van der Waals surface area (Å²) in [6.07, 6.45) is 5.58. The summed E-state index contributed by atoms with van der Waals surface area (Å²) >= 11 is 0. The number of methoxy groups -OCH3 is 1. The maximum Gasteiger partial charge on any atom is 0.126 e. The summed E-state index contributed by atoms with van der Waals surface area (Å²) in [5, 5.41) is 6.23. The van der Waals surface area contributed by atoms with Gasteiger partial charge in [-0.3, -0.25) is 0 Å². The SMILES string of the molecule is COc1ccc(CNC(C)C2CCCC2)c2ccccc12. The molecule has 0 bridgehead atoms. The molecule has 0 amide bonds. The zero-order valence-electron chi connectivity index (χ0n) is 13.1. The van der Waals surface area contributed by atoms with Gasteiger partial charge in [0.1, 0.15) is 5.75 Å². The Morgan fingerprint density at radius 3 is 2.52 bits per heavy atom. The smallest absolute Gasteiger partial charge is 0.126 e. The van der Waals surface area contributed by atoms with Crippen LogP contribution in [0.5, 0.6) is 5.75 Å². The third kappa shape index (κ3) is 3.06. The van der Waals surface area contributed by atoms with Crippen LogP contribution in [0.15, 0.2) is 36.4 Å². The molecule has 1 unspecified atom stereocenters. The lowest BCUT2D eigenvalue weighted by Crippen LogP contribution is -2.31. The predicted molar refractivity (Wildman–Crippen MR) is 88.8 cm³/mol. The van der Waals surface area contributed by atoms with E-state index >= 15 is 0 Å². The quantitative estimate of drug-likeness (QED) is 0.871. The van der Waals surface area contributed by atoms with Gasteiger partial charge in [-0.15, -0.1) is 0 Å². The Kier molecular flexibility index (Phi) is 4.45. The third-order valence-corrected chi connectivity index (χ3v) is 4.92. The number of ether oxygens (including phenoxy) is 1. The number of fused-ring (bicyclic) bond motifs is 1. The van der Waals surface area contributed by atoms with Crippen molar-refractivity contribution in [2.24, 2.45) is 5.92 Å². The van der Waals surface area contributed by atoms with E-state index in [1.54, 1.807) is 7.11 Å². The molecule has 1 aliphatic carbocycles. The van der Waals surface area contributed by atoms with Gasteiger partial charge in [-0.2, -0.15) is 0 Å². The van der Waals surface area contributed by atoms with Gasteiger partial charge in [0.15, 0.2) is 0 Å². The minimum Gasteiger partial charge on any atom is -0.496 e. The molecule has 1 fully saturated rings. The fourth-order valence-electron chi connectivity index (χ4n) is 3.56. The largest absolute Gasteiger partial charge is 0.496 e. The van der Waals surface area contributed by atoms with Gasteiger partial charge in [-0.05, 0) is 42.7 Å². The number of rotatable bonds is 5. The van der Waals surface area contributed by atoms with Crippen LogP contribution in [-0.4, -0.2) is 13.2 Å². The molecule has 1 aliphatic rings. The molecule has 0 heterocycles. The van der Waals surface area contributed by atoms with E-state index in [9.17, 15) is 0 Å². The van der Waals surface area contributed by atoms with Crippen molar-refractivity contribution >= 4 is 10.8 Å². The second-order valence-corrected chi connectivity index (χ2v) is 6.19. The molecule has 1 N–H and O–H groups in total. The van der Waals surface area contributed by atoms with E-state index in [1.165, 1.54) is 42.0 Å². The minimum atomic E-state index is 0.605. The summed E-state index contributed by atoms with van der Waals surface area (Å²) in [7, 11) is 1.74. The van der Waals surface area contributed by atoms with E-state index in [-0.39, 0.29) is 0 Å². The highest BCUT2D eigenvalue weighted by atomic mass is 16.5. The van der Waals surface area contributed by atoms with Crippen molar-refractivity contribution in [3.8, 4) is 5.75 Å². The zero-order valence-corrected chi connectivity index (χ0v) is 13.1. The molecule has 1 saturated carbocycles. The number of benzene rings is 2. The Hall–Kier alpha value is -1.54. The first-order valence-electron chi connectivity index (χ1n) is 8.07. The molecule has 112 valence electrons. The van der Waals surface area contributed by atoms with Crippen molar-refractivity contribution in [2.75, 3.05) is 7.11 Å². The van der Waals surface area contributed by atoms with E-state index in [0.717, 1.165) is 18.2 Å². The van der Waals surface area contributed by atoms with Crippen LogP contribution in [-0.2, 0) is 6.54 Å². The number of hydrogen-bond donors (Lipinski definition) is 1. The minimum absolute atomic E-state index is 0.605. The molecule has 2 nitrogen and oxygen atoms in total. The maximum atomic E-state index is 5.47. The van der Waals surface area contributed by atoms with Gasteiger partial charge in [-0.25, -0.2) is 0 Å². The van der Waals surface area contributed by atoms with Crippen molar-refractivity contribution in [1.82, 2.24) is 5.32 Å². The zero-order chi connectivity index (χ0) is 14.7. The molecule has 2 aromatic carbocycles. The monoisotopic (exact) mass is 283 g/mol. The predicted octanol–water partition coefficient (Wildman–Crippen LogP) is 4.52. The number of nitrogens with one attached hydrogen (secondary N) is 1. The van der Waals surface area contributed by atoms with Gasteiger partial charge in [0.25, 0.3) is 0 Å². The van der Waals surface area contributed by atoms with Crippen LogP contribution in [0.25, 0.3) is 10.8 Å². The van der Waals surface area contributed by atoms with Gasteiger partial charge < -0.3 is 10.1 Å². The Morgan fingerprint density at radius 1 is 1.10 bits per heavy atom. The fraction of sp³-hybridized carbons (Fsp3) is 0.474. The highest BCUT2D eigenvalue weighted by Gasteiger charge is 2.21. The van der Waals surface area contributed by atoms with Gasteiger partial charge >= 0.3 is 0 Å². The van der Waals surface area contributed by atoms with E-state index < -0.39 is 0 Å². The fourth-order valence-corrected chi connectivity index (χ4v) is 3.56. The van der Waals surface area contributed by atoms with Crippen LogP contribution in [0.1, 0.15) is 38.2 Å². The molecule has 2 aromatic rings. The third-order valence-electron chi connectivity index (χ3n) is 4.92. The van der Waals surface area contributed by atoms with E-state index in [4.69, 9.17) is 4.74 Å². The van der Waals surface area contributed by atoms with Crippen molar-refractivity contribution < 1.29 is 4.74 Å². The second-order valence-electron chi connectivity index (χ2n) is 6.19. The number of hydrogen-bond acceptors (Lipinski definition) is 2. The molecule has 3 rings (SSSR count). The first-order chi connectivity index (χ1) is 10.3. The summed E-state index contributed by atoms with van der Waals surface area (Å²) in [6, 6.07) is 13.4. The lowest BCUT2D eigenvalue weighted by Gasteiger charge is -2.21. The van der Waals surface area contributed by atoms with Crippen molar-refractivity contribution in [2.45, 2.75) is 45.2 Å². The topological polar surface area (TPSA) is 21.3 Å². The second kappa shape index (κ2) is 6.48. The molecule has 2 heteroatoms. The summed E-state index contributed by atoms with van der Waals surface area (Å²) in [4.78, 5) is 0. The van der Waals surface area contributed by atoms with Gasteiger partial charge in [0.2, 0.25) is 0 Å². The molecule has 0 radical (unpaired) electrons. The molecule has 0 spiro atoms. The summed E-state index contributed by atoms with van der Waals surface area (Å²) in [5.41, 5.74) is 1.36.